The highest BCUT2D eigenvalue weighted by atomic mass is 16.5. The molecule has 0 radical (unpaired) electrons. The normalized spacial score (nSPS) is 18.3. The molecular weight excluding hydrogens is 642 g/mol. The molecule has 2 amide bonds. The molecule has 0 bridgehead atoms. The number of hydrogen-bond donors (Lipinski definition) is 4. The van der Waals surface area contributed by atoms with Crippen LogP contribution in [0.4, 0.5) is 5.69 Å². The van der Waals surface area contributed by atoms with Gasteiger partial charge in [0.25, 0.3) is 11.8 Å². The van der Waals surface area contributed by atoms with Crippen LogP contribution in [-0.2, 0) is 21.4 Å². The number of pyridine rings is 1. The van der Waals surface area contributed by atoms with Crippen LogP contribution in [0, 0.1) is 0 Å². The van der Waals surface area contributed by atoms with Crippen LogP contribution in [0.15, 0.2) is 73.2 Å². The van der Waals surface area contributed by atoms with E-state index in [2.05, 4.69) is 30.6 Å². The Hall–Kier alpha value is -5.48. The van der Waals surface area contributed by atoms with E-state index in [0.717, 1.165) is 33.2 Å². The molecule has 258 valence electrons. The minimum Gasteiger partial charge on any atom is -0.481 e. The fourth-order valence-corrected chi connectivity index (χ4v) is 6.46. The molecule has 0 saturated carbocycles. The summed E-state index contributed by atoms with van der Waals surface area (Å²) in [6.07, 6.45) is 5.88. The molecule has 2 aliphatic rings. The quantitative estimate of drug-likeness (QED) is 0.168. The van der Waals surface area contributed by atoms with E-state index in [-0.39, 0.29) is 26.1 Å². The van der Waals surface area contributed by atoms with Gasteiger partial charge in [0.15, 0.2) is 11.4 Å². The number of aromatic nitrogens is 6. The van der Waals surface area contributed by atoms with Crippen LogP contribution in [0.5, 0.6) is 5.88 Å². The topological polar surface area (TPSA) is 184 Å². The average Bonchev–Trinajstić information content (AvgIpc) is 3.91. The lowest BCUT2D eigenvalue weighted by Crippen LogP contribution is -2.61. The van der Waals surface area contributed by atoms with Crippen LogP contribution in [0.25, 0.3) is 39.1 Å². The van der Waals surface area contributed by atoms with Gasteiger partial charge in [0.2, 0.25) is 5.88 Å². The van der Waals surface area contributed by atoms with Crippen LogP contribution in [0.3, 0.4) is 0 Å². The van der Waals surface area contributed by atoms with Gasteiger partial charge in [0, 0.05) is 74.8 Å². The molecule has 2 aliphatic heterocycles. The second-order valence-corrected chi connectivity index (χ2v) is 12.4. The molecule has 1 saturated heterocycles. The van der Waals surface area contributed by atoms with E-state index in [1.807, 2.05) is 43.5 Å². The molecule has 5 aromatic rings. The molecule has 0 aliphatic carbocycles. The maximum atomic E-state index is 13.7. The second-order valence-electron chi connectivity index (χ2n) is 12.4. The molecular formula is C35H37N9O6. The molecule has 5 heterocycles. The highest BCUT2D eigenvalue weighted by Crippen LogP contribution is 2.34. The first-order valence-electron chi connectivity index (χ1n) is 16.1. The van der Waals surface area contributed by atoms with Crippen molar-refractivity contribution in [3.63, 3.8) is 0 Å². The summed E-state index contributed by atoms with van der Waals surface area (Å²) < 4.78 is 12.5. The van der Waals surface area contributed by atoms with Gasteiger partial charge in [-0.05, 0) is 48.2 Å². The van der Waals surface area contributed by atoms with Crippen molar-refractivity contribution in [1.82, 2.24) is 39.7 Å². The van der Waals surface area contributed by atoms with Gasteiger partial charge in [-0.1, -0.05) is 30.3 Å². The van der Waals surface area contributed by atoms with E-state index >= 15 is 0 Å². The van der Waals surface area contributed by atoms with Crippen molar-refractivity contribution in [2.45, 2.75) is 24.4 Å². The first-order valence-corrected chi connectivity index (χ1v) is 16.1. The van der Waals surface area contributed by atoms with Gasteiger partial charge in [0.1, 0.15) is 12.0 Å². The number of aryl methyl sites for hydroxylation is 1. The van der Waals surface area contributed by atoms with Gasteiger partial charge in [-0.25, -0.2) is 14.9 Å². The number of aromatic amines is 1. The zero-order valence-electron chi connectivity index (χ0n) is 27.8. The number of methoxy groups -OCH3 is 2. The SMILES string of the molecule is COc1ccc(-c2n[nH]c3ccc(NC(=O)C4(OC)CCN(C(O)(O)C(=O)N5CC=C(c6ccc(-c7ncn(C)n7)cc6)CC5)C4)cc23)cn1. The van der Waals surface area contributed by atoms with Crippen molar-refractivity contribution in [1.29, 1.82) is 0 Å². The van der Waals surface area contributed by atoms with E-state index in [1.54, 1.807) is 48.6 Å². The molecule has 1 fully saturated rings. The van der Waals surface area contributed by atoms with E-state index in [1.165, 1.54) is 16.9 Å². The number of anilines is 1. The first kappa shape index (κ1) is 33.0. The molecule has 3 aromatic heterocycles. The van der Waals surface area contributed by atoms with Crippen LogP contribution >= 0.6 is 0 Å². The minimum atomic E-state index is -2.83. The maximum absolute atomic E-state index is 13.7. The molecule has 50 heavy (non-hydrogen) atoms. The summed E-state index contributed by atoms with van der Waals surface area (Å²) in [5.41, 5.74) is 4.20. The molecule has 7 rings (SSSR count). The molecule has 4 N–H and O–H groups in total. The third-order valence-corrected chi connectivity index (χ3v) is 9.41. The molecule has 0 spiro atoms. The van der Waals surface area contributed by atoms with Gasteiger partial charge in [0.05, 0.1) is 12.6 Å². The van der Waals surface area contributed by atoms with Crippen molar-refractivity contribution >= 4 is 34.0 Å². The van der Waals surface area contributed by atoms with Crippen molar-refractivity contribution in [2.75, 3.05) is 45.7 Å². The number of ether oxygens (including phenoxy) is 2. The van der Waals surface area contributed by atoms with Gasteiger partial charge < -0.3 is 29.9 Å². The number of amides is 2. The Morgan fingerprint density at radius 3 is 2.44 bits per heavy atom. The third-order valence-electron chi connectivity index (χ3n) is 9.41. The molecule has 1 unspecified atom stereocenters. The van der Waals surface area contributed by atoms with Gasteiger partial charge in [-0.3, -0.25) is 19.4 Å². The van der Waals surface area contributed by atoms with Crippen molar-refractivity contribution in [2.24, 2.45) is 7.05 Å². The van der Waals surface area contributed by atoms with Crippen LogP contribution < -0.4 is 10.1 Å². The van der Waals surface area contributed by atoms with Gasteiger partial charge in [-0.15, -0.1) is 0 Å². The Morgan fingerprint density at radius 1 is 1.00 bits per heavy atom. The highest BCUT2D eigenvalue weighted by Gasteiger charge is 2.54. The third kappa shape index (κ3) is 6.11. The number of hydrogen-bond acceptors (Lipinski definition) is 11. The number of carbonyl (C=O) groups is 2. The summed E-state index contributed by atoms with van der Waals surface area (Å²) in [4.78, 5) is 38.3. The smallest absolute Gasteiger partial charge is 0.309 e. The van der Waals surface area contributed by atoms with Crippen LogP contribution in [0.1, 0.15) is 18.4 Å². The lowest BCUT2D eigenvalue weighted by atomic mass is 9.98. The number of carbonyl (C=O) groups excluding carboxylic acids is 2. The van der Waals surface area contributed by atoms with Crippen molar-refractivity contribution in [3.8, 4) is 28.5 Å². The average molecular weight is 680 g/mol. The molecule has 2 aromatic carbocycles. The van der Waals surface area contributed by atoms with Crippen molar-refractivity contribution in [3.05, 3.63) is 78.8 Å². The summed E-state index contributed by atoms with van der Waals surface area (Å²) in [7, 11) is 4.75. The van der Waals surface area contributed by atoms with E-state index in [0.29, 0.717) is 36.1 Å². The Balaban J connectivity index is 1.00. The lowest BCUT2D eigenvalue weighted by Gasteiger charge is -2.37. The number of H-pyrrole nitrogens is 1. The standard InChI is InChI=1S/C35H37N9O6/c1-42-21-37-31(41-42)24-6-4-22(5-7-24)23-12-15-43(16-13-23)33(46)35(47,48)44-17-14-34(20-44,50-3)32(45)38-26-9-10-28-27(18-26)30(40-39-28)25-8-11-29(49-2)36-19-25/h4-12,18-19,21,47-48H,13-17,20H2,1-3H3,(H,38,45)(H,39,40). The Bertz CT molecular complexity index is 2070. The van der Waals surface area contributed by atoms with Gasteiger partial charge >= 0.3 is 5.91 Å². The Kier molecular flexibility index (Phi) is 8.65. The Labute approximate surface area is 287 Å². The van der Waals surface area contributed by atoms with Crippen LogP contribution in [-0.4, -0.2) is 114 Å². The number of likely N-dealkylation sites (tertiary alicyclic amines) is 1. The fourth-order valence-electron chi connectivity index (χ4n) is 6.46. The molecule has 15 heteroatoms. The number of aliphatic hydroxyl groups is 2. The van der Waals surface area contributed by atoms with E-state index in [9.17, 15) is 19.8 Å². The maximum Gasteiger partial charge on any atom is 0.309 e. The summed E-state index contributed by atoms with van der Waals surface area (Å²) in [5.74, 6) is -3.05. The molecule has 1 atom stereocenters. The second kappa shape index (κ2) is 13.1. The monoisotopic (exact) mass is 679 g/mol. The zero-order valence-corrected chi connectivity index (χ0v) is 27.8. The predicted octanol–water partition coefficient (Wildman–Crippen LogP) is 2.41. The largest absolute Gasteiger partial charge is 0.481 e. The summed E-state index contributed by atoms with van der Waals surface area (Å²) >= 11 is 0. The highest BCUT2D eigenvalue weighted by molar-refractivity contribution is 6.01. The number of rotatable bonds is 9. The van der Waals surface area contributed by atoms with Crippen LogP contribution in [0.2, 0.25) is 0 Å². The first-order chi connectivity index (χ1) is 24.1. The van der Waals surface area contributed by atoms with E-state index < -0.39 is 23.3 Å². The molecule has 15 nitrogen and oxygen atoms in total. The summed E-state index contributed by atoms with van der Waals surface area (Å²) in [6.45, 7) is 0.334. The lowest BCUT2D eigenvalue weighted by molar-refractivity contribution is -0.255. The predicted molar refractivity (Wildman–Crippen MR) is 183 cm³/mol. The summed E-state index contributed by atoms with van der Waals surface area (Å²) in [5, 5.41) is 37.8. The summed E-state index contributed by atoms with van der Waals surface area (Å²) in [6, 6.07) is 16.8. The number of nitrogens with zero attached hydrogens (tertiary/aromatic N) is 7. The van der Waals surface area contributed by atoms with Crippen molar-refractivity contribution < 1.29 is 29.3 Å². The van der Waals surface area contributed by atoms with Gasteiger partial charge in [-0.2, -0.15) is 10.2 Å². The van der Waals surface area contributed by atoms with E-state index in [4.69, 9.17) is 9.47 Å². The fraction of sp³-hybridized carbons (Fsp3) is 0.314. The minimum absolute atomic E-state index is 0.0434. The zero-order chi connectivity index (χ0) is 35.0. The Morgan fingerprint density at radius 2 is 1.78 bits per heavy atom. The number of nitrogens with one attached hydrogen (secondary N) is 2. The number of benzene rings is 2. The number of fused-ring (bicyclic) bond motifs is 1.